The molecular formula is C12H13NO4. The van der Waals surface area contributed by atoms with E-state index >= 15 is 0 Å². The van der Waals surface area contributed by atoms with Gasteiger partial charge in [-0.1, -0.05) is 36.4 Å². The van der Waals surface area contributed by atoms with Crippen LogP contribution in [0.15, 0.2) is 43.0 Å². The Morgan fingerprint density at radius 2 is 2.12 bits per heavy atom. The lowest BCUT2D eigenvalue weighted by Gasteiger charge is -2.09. The number of Topliss-reactive ketones (excluding diaryl/α,β-unsaturated/α-hetero) is 1. The first kappa shape index (κ1) is 12.9. The van der Waals surface area contributed by atoms with Crippen molar-refractivity contribution in [3.05, 3.63) is 58.7 Å². The fourth-order valence-corrected chi connectivity index (χ4v) is 1.37. The third-order valence-electron chi connectivity index (χ3n) is 2.24. The van der Waals surface area contributed by atoms with Crippen molar-refractivity contribution in [1.29, 1.82) is 0 Å². The first-order valence-electron chi connectivity index (χ1n) is 5.15. The summed E-state index contributed by atoms with van der Waals surface area (Å²) in [5, 5.41) is 9.26. The first-order chi connectivity index (χ1) is 8.13. The lowest BCUT2D eigenvalue weighted by atomic mass is 10.0. The molecule has 1 rings (SSSR count). The number of hydrogen-bond acceptors (Lipinski definition) is 4. The summed E-state index contributed by atoms with van der Waals surface area (Å²) < 4.78 is 0. The molecule has 0 aromatic heterocycles. The SMILES string of the molecule is C=CC(CCC(=O)c1ccccc1)O[N+](=O)[O-]. The highest BCUT2D eigenvalue weighted by Gasteiger charge is 2.12. The van der Waals surface area contributed by atoms with Crippen LogP contribution in [0.5, 0.6) is 0 Å². The van der Waals surface area contributed by atoms with E-state index in [0.717, 1.165) is 0 Å². The largest absolute Gasteiger partial charge is 0.306 e. The number of ketones is 1. The monoisotopic (exact) mass is 235 g/mol. The average molecular weight is 235 g/mol. The van der Waals surface area contributed by atoms with Gasteiger partial charge in [-0.3, -0.25) is 4.79 Å². The predicted octanol–water partition coefficient (Wildman–Crippen LogP) is 2.41. The van der Waals surface area contributed by atoms with Crippen LogP contribution in [0, 0.1) is 10.1 Å². The van der Waals surface area contributed by atoms with E-state index in [1.807, 2.05) is 6.07 Å². The second kappa shape index (κ2) is 6.42. The van der Waals surface area contributed by atoms with E-state index in [1.54, 1.807) is 24.3 Å². The molecule has 0 saturated carbocycles. The van der Waals surface area contributed by atoms with Crippen molar-refractivity contribution in [3.63, 3.8) is 0 Å². The lowest BCUT2D eigenvalue weighted by molar-refractivity contribution is -0.765. The molecule has 0 saturated heterocycles. The number of rotatable bonds is 7. The van der Waals surface area contributed by atoms with Crippen LogP contribution in [0.3, 0.4) is 0 Å². The van der Waals surface area contributed by atoms with Crippen molar-refractivity contribution in [1.82, 2.24) is 0 Å². The molecule has 1 atom stereocenters. The average Bonchev–Trinajstić information content (AvgIpc) is 2.34. The third kappa shape index (κ3) is 4.46. The van der Waals surface area contributed by atoms with Crippen LogP contribution in [0.1, 0.15) is 23.2 Å². The van der Waals surface area contributed by atoms with Gasteiger partial charge in [0.25, 0.3) is 5.09 Å². The number of carbonyl (C=O) groups is 1. The molecule has 1 unspecified atom stereocenters. The molecule has 0 N–H and O–H groups in total. The van der Waals surface area contributed by atoms with E-state index in [9.17, 15) is 14.9 Å². The molecule has 0 aliphatic heterocycles. The topological polar surface area (TPSA) is 69.4 Å². The number of carbonyl (C=O) groups excluding carboxylic acids is 1. The summed E-state index contributed by atoms with van der Waals surface area (Å²) in [5.74, 6) is -0.0654. The van der Waals surface area contributed by atoms with E-state index in [1.165, 1.54) is 6.08 Å². The van der Waals surface area contributed by atoms with Crippen molar-refractivity contribution >= 4 is 5.78 Å². The van der Waals surface area contributed by atoms with E-state index in [-0.39, 0.29) is 18.6 Å². The van der Waals surface area contributed by atoms with Gasteiger partial charge in [0.05, 0.1) is 0 Å². The summed E-state index contributed by atoms with van der Waals surface area (Å²) in [6.45, 7) is 3.42. The first-order valence-corrected chi connectivity index (χ1v) is 5.15. The molecule has 1 aromatic carbocycles. The molecule has 1 aromatic rings. The molecule has 17 heavy (non-hydrogen) atoms. The van der Waals surface area contributed by atoms with Crippen LogP contribution >= 0.6 is 0 Å². The second-order valence-electron chi connectivity index (χ2n) is 3.43. The maximum absolute atomic E-state index is 11.7. The number of hydrogen-bond donors (Lipinski definition) is 0. The van der Waals surface area contributed by atoms with Gasteiger partial charge in [-0.2, -0.15) is 0 Å². The van der Waals surface area contributed by atoms with E-state index in [4.69, 9.17) is 0 Å². The van der Waals surface area contributed by atoms with Crippen LogP contribution in [0.25, 0.3) is 0 Å². The minimum Gasteiger partial charge on any atom is -0.306 e. The molecule has 0 heterocycles. The van der Waals surface area contributed by atoms with Crippen LogP contribution in [0.4, 0.5) is 0 Å². The van der Waals surface area contributed by atoms with E-state index in [2.05, 4.69) is 11.4 Å². The fourth-order valence-electron chi connectivity index (χ4n) is 1.37. The second-order valence-corrected chi connectivity index (χ2v) is 3.43. The normalized spacial score (nSPS) is 11.5. The molecule has 0 bridgehead atoms. The van der Waals surface area contributed by atoms with Gasteiger partial charge in [-0.25, -0.2) is 0 Å². The van der Waals surface area contributed by atoms with Crippen molar-refractivity contribution in [3.8, 4) is 0 Å². The van der Waals surface area contributed by atoms with Gasteiger partial charge in [0.15, 0.2) is 5.78 Å². The highest BCUT2D eigenvalue weighted by atomic mass is 17.0. The molecule has 0 aliphatic rings. The van der Waals surface area contributed by atoms with Gasteiger partial charge in [0.1, 0.15) is 6.10 Å². The Labute approximate surface area is 98.8 Å². The smallest absolute Gasteiger partial charge is 0.295 e. The summed E-state index contributed by atoms with van der Waals surface area (Å²) in [6.07, 6.45) is 1.02. The molecule has 5 nitrogen and oxygen atoms in total. The zero-order valence-corrected chi connectivity index (χ0v) is 9.24. The van der Waals surface area contributed by atoms with Gasteiger partial charge in [-0.05, 0) is 6.42 Å². The molecule has 0 fully saturated rings. The van der Waals surface area contributed by atoms with Gasteiger partial charge in [0.2, 0.25) is 0 Å². The van der Waals surface area contributed by atoms with Gasteiger partial charge in [-0.15, -0.1) is 16.7 Å². The van der Waals surface area contributed by atoms with E-state index < -0.39 is 11.2 Å². The van der Waals surface area contributed by atoms with Crippen molar-refractivity contribution < 1.29 is 14.7 Å². The number of benzene rings is 1. The van der Waals surface area contributed by atoms with Gasteiger partial charge in [0, 0.05) is 12.0 Å². The maximum atomic E-state index is 11.7. The van der Waals surface area contributed by atoms with Gasteiger partial charge < -0.3 is 4.84 Å². The summed E-state index contributed by atoms with van der Waals surface area (Å²) in [7, 11) is 0. The molecule has 0 amide bonds. The summed E-state index contributed by atoms with van der Waals surface area (Å²) in [4.78, 5) is 26.2. The Hall–Kier alpha value is -2.17. The number of nitrogens with zero attached hydrogens (tertiary/aromatic N) is 1. The quantitative estimate of drug-likeness (QED) is 0.315. The Kier molecular flexibility index (Phi) is 4.87. The minimum absolute atomic E-state index is 0.0654. The molecule has 0 spiro atoms. The van der Waals surface area contributed by atoms with Crippen LogP contribution < -0.4 is 0 Å². The molecule has 0 aliphatic carbocycles. The Morgan fingerprint density at radius 3 is 2.65 bits per heavy atom. The summed E-state index contributed by atoms with van der Waals surface area (Å²) in [5.41, 5.74) is 0.594. The minimum atomic E-state index is -0.876. The Morgan fingerprint density at radius 1 is 1.47 bits per heavy atom. The Balaban J connectivity index is 2.47. The Bertz CT molecular complexity index is 402. The predicted molar refractivity (Wildman–Crippen MR) is 62.1 cm³/mol. The fraction of sp³-hybridized carbons (Fsp3) is 0.250. The molecule has 0 radical (unpaired) electrons. The van der Waals surface area contributed by atoms with Gasteiger partial charge >= 0.3 is 0 Å². The van der Waals surface area contributed by atoms with Crippen LogP contribution in [-0.2, 0) is 4.84 Å². The van der Waals surface area contributed by atoms with E-state index in [0.29, 0.717) is 5.56 Å². The van der Waals surface area contributed by atoms with Crippen molar-refractivity contribution in [2.75, 3.05) is 0 Å². The highest BCUT2D eigenvalue weighted by Crippen LogP contribution is 2.09. The standard InChI is InChI=1S/C12H13NO4/c1-2-11(17-13(15)16)8-9-12(14)10-6-4-3-5-7-10/h2-7,11H,1,8-9H2. The van der Waals surface area contributed by atoms with Crippen LogP contribution in [0.2, 0.25) is 0 Å². The van der Waals surface area contributed by atoms with Crippen LogP contribution in [-0.4, -0.2) is 17.0 Å². The molecule has 5 heteroatoms. The highest BCUT2D eigenvalue weighted by molar-refractivity contribution is 5.95. The lowest BCUT2D eigenvalue weighted by Crippen LogP contribution is -2.16. The molecule has 90 valence electrons. The zero-order valence-electron chi connectivity index (χ0n) is 9.24. The summed E-state index contributed by atoms with van der Waals surface area (Å²) in [6, 6.07) is 8.77. The third-order valence-corrected chi connectivity index (χ3v) is 2.24. The summed E-state index contributed by atoms with van der Waals surface area (Å²) >= 11 is 0. The van der Waals surface area contributed by atoms with Crippen molar-refractivity contribution in [2.45, 2.75) is 18.9 Å². The maximum Gasteiger partial charge on any atom is 0.295 e. The van der Waals surface area contributed by atoms with Crippen molar-refractivity contribution in [2.24, 2.45) is 0 Å². The molecular weight excluding hydrogens is 222 g/mol. The zero-order chi connectivity index (χ0) is 12.7.